The van der Waals surface area contributed by atoms with Crippen molar-refractivity contribution in [3.8, 4) is 0 Å². The second-order valence-corrected chi connectivity index (χ2v) is 4.78. The summed E-state index contributed by atoms with van der Waals surface area (Å²) in [5, 5.41) is 2.85. The highest BCUT2D eigenvalue weighted by Gasteiger charge is 2.23. The normalized spacial score (nSPS) is 14.6. The van der Waals surface area contributed by atoms with E-state index in [1.54, 1.807) is 18.0 Å². The number of nitrogens with zero attached hydrogens (tertiary/aromatic N) is 3. The Morgan fingerprint density at radius 1 is 1.39 bits per heavy atom. The van der Waals surface area contributed by atoms with E-state index < -0.39 is 0 Å². The van der Waals surface area contributed by atoms with Crippen molar-refractivity contribution < 1.29 is 9.59 Å². The second-order valence-electron chi connectivity index (χ2n) is 4.78. The van der Waals surface area contributed by atoms with E-state index in [9.17, 15) is 9.59 Å². The van der Waals surface area contributed by atoms with Crippen molar-refractivity contribution in [1.29, 1.82) is 0 Å². The van der Waals surface area contributed by atoms with Crippen LogP contribution in [0, 0.1) is 0 Å². The molecule has 1 aromatic rings. The minimum absolute atomic E-state index is 0.0393. The molecule has 2 rings (SSSR count). The van der Waals surface area contributed by atoms with Crippen LogP contribution >= 0.6 is 0 Å². The maximum absolute atomic E-state index is 12.0. The number of amides is 2. The van der Waals surface area contributed by atoms with E-state index in [2.05, 4.69) is 10.3 Å². The summed E-state index contributed by atoms with van der Waals surface area (Å²) in [5.74, 6) is 0.697. The molecule has 1 aromatic heterocycles. The average molecular weight is 250 g/mol. The first-order chi connectivity index (χ1) is 8.49. The molecule has 2 heterocycles. The monoisotopic (exact) mass is 250 g/mol. The summed E-state index contributed by atoms with van der Waals surface area (Å²) in [6, 6.07) is 0.0981. The average Bonchev–Trinajstić information content (AvgIpc) is 2.70. The second kappa shape index (κ2) is 4.80. The Bertz CT molecular complexity index is 478. The van der Waals surface area contributed by atoms with Crippen molar-refractivity contribution in [1.82, 2.24) is 19.8 Å². The first-order valence-electron chi connectivity index (χ1n) is 6.10. The molecule has 6 heteroatoms. The Kier molecular flexibility index (Phi) is 3.36. The van der Waals surface area contributed by atoms with Crippen LogP contribution in [0.25, 0.3) is 0 Å². The molecule has 98 valence electrons. The minimum Gasteiger partial charge on any atom is -0.349 e. The molecule has 2 amide bonds. The molecule has 1 aliphatic heterocycles. The molecule has 1 N–H and O–H groups in total. The van der Waals surface area contributed by atoms with Gasteiger partial charge < -0.3 is 14.8 Å². The third kappa shape index (κ3) is 2.37. The van der Waals surface area contributed by atoms with Gasteiger partial charge in [0.2, 0.25) is 5.91 Å². The Labute approximate surface area is 106 Å². The zero-order chi connectivity index (χ0) is 13.3. The Hall–Kier alpha value is -1.85. The lowest BCUT2D eigenvalue weighted by Crippen LogP contribution is -2.39. The Morgan fingerprint density at radius 3 is 2.72 bits per heavy atom. The SMILES string of the molecule is CC(=O)N1CCn2c(C(=O)NC(C)C)cnc2C1. The van der Waals surface area contributed by atoms with E-state index in [0.29, 0.717) is 25.3 Å². The van der Waals surface area contributed by atoms with Crippen LogP contribution in [0.15, 0.2) is 6.20 Å². The van der Waals surface area contributed by atoms with Gasteiger partial charge in [-0.1, -0.05) is 0 Å². The molecule has 0 saturated heterocycles. The van der Waals surface area contributed by atoms with Gasteiger partial charge >= 0.3 is 0 Å². The third-order valence-electron chi connectivity index (χ3n) is 2.96. The first-order valence-corrected chi connectivity index (χ1v) is 6.10. The third-order valence-corrected chi connectivity index (χ3v) is 2.96. The van der Waals surface area contributed by atoms with E-state index in [1.165, 1.54) is 0 Å². The highest BCUT2D eigenvalue weighted by molar-refractivity contribution is 5.92. The van der Waals surface area contributed by atoms with Gasteiger partial charge in [0.1, 0.15) is 11.5 Å². The van der Waals surface area contributed by atoms with Crippen LogP contribution in [-0.4, -0.2) is 38.9 Å². The van der Waals surface area contributed by atoms with Crippen LogP contribution < -0.4 is 5.32 Å². The van der Waals surface area contributed by atoms with Crippen LogP contribution in [0.4, 0.5) is 0 Å². The van der Waals surface area contributed by atoms with Crippen LogP contribution in [0.3, 0.4) is 0 Å². The standard InChI is InChI=1S/C12H18N4O2/c1-8(2)14-12(18)10-6-13-11-7-15(9(3)17)4-5-16(10)11/h6,8H,4-5,7H2,1-3H3,(H,14,18). The summed E-state index contributed by atoms with van der Waals surface area (Å²) in [7, 11) is 0. The van der Waals surface area contributed by atoms with Gasteiger partial charge in [0.25, 0.3) is 5.91 Å². The van der Waals surface area contributed by atoms with Gasteiger partial charge in [-0.2, -0.15) is 0 Å². The van der Waals surface area contributed by atoms with Gasteiger partial charge in [-0.05, 0) is 13.8 Å². The van der Waals surface area contributed by atoms with Crippen molar-refractivity contribution in [2.45, 2.75) is 39.9 Å². The molecule has 0 saturated carbocycles. The Balaban J connectivity index is 2.18. The zero-order valence-electron chi connectivity index (χ0n) is 10.9. The molecule has 0 bridgehead atoms. The predicted octanol–water partition coefficient (Wildman–Crippen LogP) is 0.383. The summed E-state index contributed by atoms with van der Waals surface area (Å²) in [4.78, 5) is 29.2. The molecule has 0 fully saturated rings. The molecule has 0 radical (unpaired) electrons. The topological polar surface area (TPSA) is 67.2 Å². The molecule has 18 heavy (non-hydrogen) atoms. The van der Waals surface area contributed by atoms with Gasteiger partial charge in [-0.25, -0.2) is 4.98 Å². The van der Waals surface area contributed by atoms with Crippen LogP contribution in [0.1, 0.15) is 37.1 Å². The number of nitrogens with one attached hydrogen (secondary N) is 1. The molecule has 0 aliphatic carbocycles. The lowest BCUT2D eigenvalue weighted by atomic mass is 10.3. The molecule has 0 unspecified atom stereocenters. The summed E-state index contributed by atoms with van der Waals surface area (Å²) in [5.41, 5.74) is 0.571. The molecule has 0 atom stereocenters. The number of aromatic nitrogens is 2. The number of fused-ring (bicyclic) bond motifs is 1. The van der Waals surface area contributed by atoms with Gasteiger partial charge in [-0.3, -0.25) is 9.59 Å². The smallest absolute Gasteiger partial charge is 0.269 e. The number of hydrogen-bond donors (Lipinski definition) is 1. The van der Waals surface area contributed by atoms with Gasteiger partial charge in [0.15, 0.2) is 0 Å². The lowest BCUT2D eigenvalue weighted by molar-refractivity contribution is -0.130. The van der Waals surface area contributed by atoms with Crippen LogP contribution in [-0.2, 0) is 17.9 Å². The van der Waals surface area contributed by atoms with Crippen LogP contribution in [0.5, 0.6) is 0 Å². The fourth-order valence-electron chi connectivity index (χ4n) is 2.05. The van der Waals surface area contributed by atoms with E-state index in [0.717, 1.165) is 5.82 Å². The zero-order valence-corrected chi connectivity index (χ0v) is 10.9. The number of hydrogen-bond acceptors (Lipinski definition) is 3. The van der Waals surface area contributed by atoms with E-state index in [1.807, 2.05) is 18.4 Å². The molecule has 0 spiro atoms. The number of rotatable bonds is 2. The van der Waals surface area contributed by atoms with Crippen LogP contribution in [0.2, 0.25) is 0 Å². The molecule has 6 nitrogen and oxygen atoms in total. The van der Waals surface area contributed by atoms with E-state index in [4.69, 9.17) is 0 Å². The molecular formula is C12H18N4O2. The Morgan fingerprint density at radius 2 is 2.11 bits per heavy atom. The fraction of sp³-hybridized carbons (Fsp3) is 0.583. The molecule has 0 aromatic carbocycles. The van der Waals surface area contributed by atoms with Crippen molar-refractivity contribution in [2.24, 2.45) is 0 Å². The van der Waals surface area contributed by atoms with Crippen molar-refractivity contribution in [3.63, 3.8) is 0 Å². The fourth-order valence-corrected chi connectivity index (χ4v) is 2.05. The molecular weight excluding hydrogens is 232 g/mol. The minimum atomic E-state index is -0.111. The van der Waals surface area contributed by atoms with Crippen molar-refractivity contribution >= 4 is 11.8 Å². The lowest BCUT2D eigenvalue weighted by Gasteiger charge is -2.27. The maximum atomic E-state index is 12.0. The summed E-state index contributed by atoms with van der Waals surface area (Å²) >= 11 is 0. The molecule has 1 aliphatic rings. The highest BCUT2D eigenvalue weighted by Crippen LogP contribution is 2.14. The quantitative estimate of drug-likeness (QED) is 0.825. The predicted molar refractivity (Wildman–Crippen MR) is 65.9 cm³/mol. The van der Waals surface area contributed by atoms with Crippen molar-refractivity contribution in [2.75, 3.05) is 6.54 Å². The highest BCUT2D eigenvalue weighted by atomic mass is 16.2. The van der Waals surface area contributed by atoms with Gasteiger partial charge in [0.05, 0.1) is 12.7 Å². The largest absolute Gasteiger partial charge is 0.349 e. The number of carbonyl (C=O) groups is 2. The first kappa shape index (κ1) is 12.6. The van der Waals surface area contributed by atoms with Crippen molar-refractivity contribution in [3.05, 3.63) is 17.7 Å². The number of carbonyl (C=O) groups excluding carboxylic acids is 2. The van der Waals surface area contributed by atoms with E-state index in [-0.39, 0.29) is 17.9 Å². The summed E-state index contributed by atoms with van der Waals surface area (Å²) < 4.78 is 1.89. The van der Waals surface area contributed by atoms with Gasteiger partial charge in [0, 0.05) is 26.1 Å². The summed E-state index contributed by atoms with van der Waals surface area (Å²) in [6.45, 7) is 7.11. The maximum Gasteiger partial charge on any atom is 0.269 e. The number of imidazole rings is 1. The van der Waals surface area contributed by atoms with Gasteiger partial charge in [-0.15, -0.1) is 0 Å². The van der Waals surface area contributed by atoms with E-state index >= 15 is 0 Å². The summed E-state index contributed by atoms with van der Waals surface area (Å²) in [6.07, 6.45) is 1.58.